The van der Waals surface area contributed by atoms with E-state index in [0.717, 1.165) is 15.8 Å². The third-order valence-electron chi connectivity index (χ3n) is 2.52. The van der Waals surface area contributed by atoms with Gasteiger partial charge in [0.05, 0.1) is 12.3 Å². The summed E-state index contributed by atoms with van der Waals surface area (Å²) in [5.74, 6) is 6.01. The zero-order valence-electron chi connectivity index (χ0n) is 8.99. The molecular weight excluding hydrogens is 287 g/mol. The second kappa shape index (κ2) is 5.44. The Morgan fingerprint density at radius 3 is 2.88 bits per heavy atom. The summed E-state index contributed by atoms with van der Waals surface area (Å²) >= 11 is 3.38. The number of benzene rings is 1. The number of halogens is 2. The van der Waals surface area contributed by atoms with Crippen LogP contribution in [-0.4, -0.2) is 0 Å². The van der Waals surface area contributed by atoms with Gasteiger partial charge in [-0.1, -0.05) is 15.9 Å². The summed E-state index contributed by atoms with van der Waals surface area (Å²) in [5.41, 5.74) is 3.44. The normalized spacial score (nSPS) is 12.6. The fourth-order valence-corrected chi connectivity index (χ4v) is 2.19. The lowest BCUT2D eigenvalue weighted by atomic mass is 10.0. The number of rotatable bonds is 4. The first-order valence-electron chi connectivity index (χ1n) is 5.14. The minimum absolute atomic E-state index is 0.203. The van der Waals surface area contributed by atoms with E-state index in [1.165, 1.54) is 12.1 Å². The molecule has 1 atom stereocenters. The van der Waals surface area contributed by atoms with Crippen molar-refractivity contribution in [2.45, 2.75) is 12.5 Å². The molecule has 0 fully saturated rings. The maximum atomic E-state index is 13.2. The van der Waals surface area contributed by atoms with Crippen molar-refractivity contribution in [3.05, 3.63) is 58.2 Å². The maximum Gasteiger partial charge on any atom is 0.123 e. The third kappa shape index (κ3) is 2.94. The van der Waals surface area contributed by atoms with E-state index in [-0.39, 0.29) is 11.9 Å². The summed E-state index contributed by atoms with van der Waals surface area (Å²) in [6.07, 6.45) is 2.16. The summed E-state index contributed by atoms with van der Waals surface area (Å²) in [4.78, 5) is 0. The summed E-state index contributed by atoms with van der Waals surface area (Å²) < 4.78 is 19.3. The standard InChI is InChI=1S/C12H12BrFN2O/c13-11-4-3-8(14)6-10(11)12(16-15)7-9-2-1-5-17-9/h1-6,12,16H,7,15H2. The van der Waals surface area contributed by atoms with Crippen LogP contribution in [0.4, 0.5) is 4.39 Å². The van der Waals surface area contributed by atoms with Crippen molar-refractivity contribution < 1.29 is 8.81 Å². The molecule has 3 nitrogen and oxygen atoms in total. The molecule has 0 aliphatic carbocycles. The van der Waals surface area contributed by atoms with Gasteiger partial charge in [-0.05, 0) is 35.9 Å². The Labute approximate surface area is 107 Å². The van der Waals surface area contributed by atoms with Crippen molar-refractivity contribution in [3.63, 3.8) is 0 Å². The number of nitrogens with one attached hydrogen (secondary N) is 1. The van der Waals surface area contributed by atoms with Crippen molar-refractivity contribution in [1.29, 1.82) is 0 Å². The van der Waals surface area contributed by atoms with Crippen LogP contribution in [0.2, 0.25) is 0 Å². The van der Waals surface area contributed by atoms with Gasteiger partial charge in [-0.25, -0.2) is 4.39 Å². The Balaban J connectivity index is 2.25. The second-order valence-electron chi connectivity index (χ2n) is 3.67. The van der Waals surface area contributed by atoms with Crippen LogP contribution in [-0.2, 0) is 6.42 Å². The Hall–Kier alpha value is -1.17. The Morgan fingerprint density at radius 1 is 1.41 bits per heavy atom. The molecule has 0 bridgehead atoms. The first-order valence-corrected chi connectivity index (χ1v) is 5.93. The molecule has 1 aromatic heterocycles. The molecule has 90 valence electrons. The van der Waals surface area contributed by atoms with Crippen LogP contribution in [0.1, 0.15) is 17.4 Å². The molecule has 3 N–H and O–H groups in total. The van der Waals surface area contributed by atoms with Crippen LogP contribution in [0.3, 0.4) is 0 Å². The lowest BCUT2D eigenvalue weighted by Gasteiger charge is -2.16. The van der Waals surface area contributed by atoms with Crippen molar-refractivity contribution in [2.75, 3.05) is 0 Å². The van der Waals surface area contributed by atoms with Crippen LogP contribution in [0.25, 0.3) is 0 Å². The molecule has 0 spiro atoms. The fourth-order valence-electron chi connectivity index (χ4n) is 1.67. The van der Waals surface area contributed by atoms with Crippen molar-refractivity contribution in [3.8, 4) is 0 Å². The van der Waals surface area contributed by atoms with Crippen LogP contribution in [0.15, 0.2) is 45.5 Å². The van der Waals surface area contributed by atoms with Crippen molar-refractivity contribution in [2.24, 2.45) is 5.84 Å². The molecule has 0 aliphatic heterocycles. The zero-order valence-corrected chi connectivity index (χ0v) is 10.6. The Morgan fingerprint density at radius 2 is 2.24 bits per heavy atom. The SMILES string of the molecule is NNC(Cc1ccco1)c1cc(F)ccc1Br. The van der Waals surface area contributed by atoms with Gasteiger partial charge in [0.1, 0.15) is 11.6 Å². The van der Waals surface area contributed by atoms with Crippen LogP contribution >= 0.6 is 15.9 Å². The van der Waals surface area contributed by atoms with E-state index in [0.29, 0.717) is 6.42 Å². The van der Waals surface area contributed by atoms with E-state index in [1.54, 1.807) is 12.3 Å². The summed E-state index contributed by atoms with van der Waals surface area (Å²) in [5, 5.41) is 0. The van der Waals surface area contributed by atoms with Gasteiger partial charge >= 0.3 is 0 Å². The van der Waals surface area contributed by atoms with E-state index in [1.807, 2.05) is 12.1 Å². The van der Waals surface area contributed by atoms with Gasteiger partial charge in [0.15, 0.2) is 0 Å². The van der Waals surface area contributed by atoms with Gasteiger partial charge in [-0.2, -0.15) is 0 Å². The number of furan rings is 1. The minimum atomic E-state index is -0.289. The first-order chi connectivity index (χ1) is 8.20. The van der Waals surface area contributed by atoms with Crippen LogP contribution in [0, 0.1) is 5.82 Å². The van der Waals surface area contributed by atoms with Gasteiger partial charge in [-0.3, -0.25) is 11.3 Å². The lowest BCUT2D eigenvalue weighted by Crippen LogP contribution is -2.29. The average Bonchev–Trinajstić information content (AvgIpc) is 2.82. The number of nitrogens with two attached hydrogens (primary N) is 1. The molecule has 17 heavy (non-hydrogen) atoms. The predicted octanol–water partition coefficient (Wildman–Crippen LogP) is 2.93. The highest BCUT2D eigenvalue weighted by Gasteiger charge is 2.15. The van der Waals surface area contributed by atoms with E-state index in [9.17, 15) is 4.39 Å². The largest absolute Gasteiger partial charge is 0.469 e. The number of hydrogen-bond donors (Lipinski definition) is 2. The van der Waals surface area contributed by atoms with Crippen molar-refractivity contribution in [1.82, 2.24) is 5.43 Å². The van der Waals surface area contributed by atoms with Gasteiger partial charge < -0.3 is 4.42 Å². The van der Waals surface area contributed by atoms with Crippen LogP contribution < -0.4 is 11.3 Å². The topological polar surface area (TPSA) is 51.2 Å². The Kier molecular flexibility index (Phi) is 3.93. The average molecular weight is 299 g/mol. The number of hydrogen-bond acceptors (Lipinski definition) is 3. The molecule has 1 unspecified atom stereocenters. The molecule has 0 saturated heterocycles. The summed E-state index contributed by atoms with van der Waals surface area (Å²) in [6.45, 7) is 0. The van der Waals surface area contributed by atoms with E-state index < -0.39 is 0 Å². The molecule has 2 rings (SSSR count). The van der Waals surface area contributed by atoms with E-state index in [2.05, 4.69) is 21.4 Å². The smallest absolute Gasteiger partial charge is 0.123 e. The highest BCUT2D eigenvalue weighted by Crippen LogP contribution is 2.26. The molecule has 1 aromatic carbocycles. The monoisotopic (exact) mass is 298 g/mol. The molecule has 0 saturated carbocycles. The first kappa shape index (κ1) is 12.3. The van der Waals surface area contributed by atoms with Crippen molar-refractivity contribution >= 4 is 15.9 Å². The van der Waals surface area contributed by atoms with Gasteiger partial charge in [0.2, 0.25) is 0 Å². The number of hydrazine groups is 1. The summed E-state index contributed by atoms with van der Waals surface area (Å²) in [6, 6.07) is 7.98. The zero-order chi connectivity index (χ0) is 12.3. The van der Waals surface area contributed by atoms with Gasteiger partial charge in [0.25, 0.3) is 0 Å². The fraction of sp³-hybridized carbons (Fsp3) is 0.167. The lowest BCUT2D eigenvalue weighted by molar-refractivity contribution is 0.452. The Bertz CT molecular complexity index is 487. The molecule has 1 heterocycles. The molecule has 5 heteroatoms. The molecular formula is C12H12BrFN2O. The highest BCUT2D eigenvalue weighted by molar-refractivity contribution is 9.10. The van der Waals surface area contributed by atoms with Crippen LogP contribution in [0.5, 0.6) is 0 Å². The second-order valence-corrected chi connectivity index (χ2v) is 4.52. The summed E-state index contributed by atoms with van der Waals surface area (Å²) in [7, 11) is 0. The maximum absolute atomic E-state index is 13.2. The predicted molar refractivity (Wildman–Crippen MR) is 66.6 cm³/mol. The van der Waals surface area contributed by atoms with Gasteiger partial charge in [0, 0.05) is 10.9 Å². The third-order valence-corrected chi connectivity index (χ3v) is 3.24. The van der Waals surface area contributed by atoms with Gasteiger partial charge in [-0.15, -0.1) is 0 Å². The highest BCUT2D eigenvalue weighted by atomic mass is 79.9. The minimum Gasteiger partial charge on any atom is -0.469 e. The molecule has 0 aliphatic rings. The molecule has 2 aromatic rings. The quantitative estimate of drug-likeness (QED) is 0.674. The van der Waals surface area contributed by atoms with E-state index >= 15 is 0 Å². The molecule has 0 amide bonds. The van der Waals surface area contributed by atoms with E-state index in [4.69, 9.17) is 10.3 Å². The molecule has 0 radical (unpaired) electrons.